The molecule has 100 valence electrons. The molecular weight excluding hydrogens is 224 g/mol. The first-order valence-corrected chi connectivity index (χ1v) is 6.62. The van der Waals surface area contributed by atoms with E-state index in [1.807, 2.05) is 0 Å². The van der Waals surface area contributed by atoms with E-state index in [4.69, 9.17) is 4.74 Å². The molecule has 0 N–H and O–H groups in total. The fourth-order valence-electron chi connectivity index (χ4n) is 2.13. The zero-order chi connectivity index (χ0) is 13.7. The molecule has 0 bridgehead atoms. The molecule has 18 heavy (non-hydrogen) atoms. The zero-order valence-corrected chi connectivity index (χ0v) is 12.1. The van der Waals surface area contributed by atoms with Gasteiger partial charge in [-0.15, -0.1) is 0 Å². The second kappa shape index (κ2) is 6.58. The number of esters is 1. The third-order valence-electron chi connectivity index (χ3n) is 3.45. The van der Waals surface area contributed by atoms with E-state index in [1.165, 1.54) is 18.2 Å². The van der Waals surface area contributed by atoms with Gasteiger partial charge in [0, 0.05) is 0 Å². The second-order valence-electron chi connectivity index (χ2n) is 5.45. The average molecular weight is 248 g/mol. The van der Waals surface area contributed by atoms with Crippen LogP contribution in [0.2, 0.25) is 0 Å². The van der Waals surface area contributed by atoms with Crippen LogP contribution < -0.4 is 0 Å². The minimum Gasteiger partial charge on any atom is -0.469 e. The molecule has 1 aromatic carbocycles. The van der Waals surface area contributed by atoms with Crippen LogP contribution in [-0.2, 0) is 9.53 Å². The smallest absolute Gasteiger partial charge is 0.306 e. The third-order valence-corrected chi connectivity index (χ3v) is 3.45. The van der Waals surface area contributed by atoms with Gasteiger partial charge in [-0.3, -0.25) is 4.79 Å². The van der Waals surface area contributed by atoms with Crippen LogP contribution in [0.4, 0.5) is 0 Å². The molecule has 0 saturated heterocycles. The van der Waals surface area contributed by atoms with Crippen molar-refractivity contribution in [2.24, 2.45) is 5.92 Å². The summed E-state index contributed by atoms with van der Waals surface area (Å²) in [5, 5.41) is 0. The normalized spacial score (nSPS) is 12.8. The molecule has 0 aromatic heterocycles. The average Bonchev–Trinajstić information content (AvgIpc) is 2.35. The Morgan fingerprint density at radius 2 is 1.56 bits per heavy atom. The predicted molar refractivity (Wildman–Crippen MR) is 74.7 cm³/mol. The summed E-state index contributed by atoms with van der Waals surface area (Å²) in [6, 6.07) is 8.60. The lowest BCUT2D eigenvalue weighted by Crippen LogP contribution is -2.13. The van der Waals surface area contributed by atoms with Crippen LogP contribution in [0.5, 0.6) is 0 Å². The highest BCUT2D eigenvalue weighted by atomic mass is 16.5. The van der Waals surface area contributed by atoms with Gasteiger partial charge in [0.05, 0.1) is 13.5 Å². The molecule has 1 atom stereocenters. The number of ether oxygens (including phenoxy) is 1. The Bertz CT molecular complexity index is 377. The SMILES string of the molecule is COC(=O)CC(c1ccc(C(C)C)cc1)C(C)C. The van der Waals surface area contributed by atoms with Crippen LogP contribution in [0, 0.1) is 5.92 Å². The van der Waals surface area contributed by atoms with E-state index < -0.39 is 0 Å². The van der Waals surface area contributed by atoms with E-state index in [-0.39, 0.29) is 11.9 Å². The quantitative estimate of drug-likeness (QED) is 0.733. The summed E-state index contributed by atoms with van der Waals surface area (Å²) in [7, 11) is 1.45. The summed E-state index contributed by atoms with van der Waals surface area (Å²) in [5.74, 6) is 1.06. The molecule has 0 spiro atoms. The van der Waals surface area contributed by atoms with Crippen molar-refractivity contribution in [2.75, 3.05) is 7.11 Å². The number of carbonyl (C=O) groups excluding carboxylic acids is 1. The molecule has 0 amide bonds. The van der Waals surface area contributed by atoms with Crippen molar-refractivity contribution >= 4 is 5.97 Å². The monoisotopic (exact) mass is 248 g/mol. The van der Waals surface area contributed by atoms with Gasteiger partial charge >= 0.3 is 5.97 Å². The molecule has 2 nitrogen and oxygen atoms in total. The Labute approximate surface area is 110 Å². The molecule has 0 aliphatic heterocycles. The Kier molecular flexibility index (Phi) is 5.39. The molecule has 0 heterocycles. The molecular formula is C16H24O2. The Morgan fingerprint density at radius 1 is 1.06 bits per heavy atom. The topological polar surface area (TPSA) is 26.3 Å². The molecule has 2 heteroatoms. The number of hydrogen-bond acceptors (Lipinski definition) is 2. The molecule has 0 fully saturated rings. The zero-order valence-electron chi connectivity index (χ0n) is 12.1. The van der Waals surface area contributed by atoms with Crippen LogP contribution >= 0.6 is 0 Å². The fourth-order valence-corrected chi connectivity index (χ4v) is 2.13. The van der Waals surface area contributed by atoms with Gasteiger partial charge in [-0.2, -0.15) is 0 Å². The highest BCUT2D eigenvalue weighted by molar-refractivity contribution is 5.70. The van der Waals surface area contributed by atoms with Gasteiger partial charge in [0.2, 0.25) is 0 Å². The summed E-state index contributed by atoms with van der Waals surface area (Å²) < 4.78 is 4.78. The fraction of sp³-hybridized carbons (Fsp3) is 0.562. The van der Waals surface area contributed by atoms with Crippen LogP contribution in [0.1, 0.15) is 57.1 Å². The molecule has 1 unspecified atom stereocenters. The molecule has 0 saturated carbocycles. The predicted octanol–water partition coefficient (Wildman–Crippen LogP) is 4.11. The first kappa shape index (κ1) is 14.7. The van der Waals surface area contributed by atoms with Crippen molar-refractivity contribution in [2.45, 2.75) is 46.0 Å². The van der Waals surface area contributed by atoms with Crippen molar-refractivity contribution in [1.82, 2.24) is 0 Å². The van der Waals surface area contributed by atoms with Gasteiger partial charge in [-0.05, 0) is 28.9 Å². The second-order valence-corrected chi connectivity index (χ2v) is 5.45. The Morgan fingerprint density at radius 3 is 1.94 bits per heavy atom. The summed E-state index contributed by atoms with van der Waals surface area (Å²) >= 11 is 0. The van der Waals surface area contributed by atoms with Gasteiger partial charge in [-0.1, -0.05) is 52.0 Å². The van der Waals surface area contributed by atoms with E-state index in [2.05, 4.69) is 52.0 Å². The van der Waals surface area contributed by atoms with Gasteiger partial charge in [0.1, 0.15) is 0 Å². The van der Waals surface area contributed by atoms with Gasteiger partial charge in [-0.25, -0.2) is 0 Å². The standard InChI is InChI=1S/C16H24O2/c1-11(2)13-6-8-14(9-7-13)15(12(3)4)10-16(17)18-5/h6-9,11-12,15H,10H2,1-5H3. The maximum atomic E-state index is 11.5. The Balaban J connectivity index is 2.89. The van der Waals surface area contributed by atoms with Gasteiger partial charge < -0.3 is 4.74 Å². The summed E-state index contributed by atoms with van der Waals surface area (Å²) in [5.41, 5.74) is 2.55. The first-order valence-electron chi connectivity index (χ1n) is 6.62. The minimum atomic E-state index is -0.137. The first-order chi connectivity index (χ1) is 8.45. The summed E-state index contributed by atoms with van der Waals surface area (Å²) in [6.45, 7) is 8.65. The number of carbonyl (C=O) groups is 1. The lowest BCUT2D eigenvalue weighted by Gasteiger charge is -2.20. The highest BCUT2D eigenvalue weighted by Crippen LogP contribution is 2.29. The van der Waals surface area contributed by atoms with E-state index in [0.29, 0.717) is 18.3 Å². The van der Waals surface area contributed by atoms with E-state index in [9.17, 15) is 4.79 Å². The highest BCUT2D eigenvalue weighted by Gasteiger charge is 2.20. The van der Waals surface area contributed by atoms with Crippen LogP contribution in [0.3, 0.4) is 0 Å². The van der Waals surface area contributed by atoms with Crippen molar-refractivity contribution in [3.63, 3.8) is 0 Å². The van der Waals surface area contributed by atoms with Crippen LogP contribution in [0.15, 0.2) is 24.3 Å². The van der Waals surface area contributed by atoms with Gasteiger partial charge in [0.25, 0.3) is 0 Å². The molecule has 0 radical (unpaired) electrons. The number of hydrogen-bond donors (Lipinski definition) is 0. The van der Waals surface area contributed by atoms with Crippen molar-refractivity contribution in [3.8, 4) is 0 Å². The van der Waals surface area contributed by atoms with Crippen LogP contribution in [0.25, 0.3) is 0 Å². The van der Waals surface area contributed by atoms with Crippen molar-refractivity contribution in [1.29, 1.82) is 0 Å². The summed E-state index contributed by atoms with van der Waals surface area (Å²) in [6.07, 6.45) is 0.454. The van der Waals surface area contributed by atoms with Gasteiger partial charge in [0.15, 0.2) is 0 Å². The lowest BCUT2D eigenvalue weighted by molar-refractivity contribution is -0.141. The van der Waals surface area contributed by atoms with Crippen molar-refractivity contribution in [3.05, 3.63) is 35.4 Å². The van der Waals surface area contributed by atoms with Crippen LogP contribution in [-0.4, -0.2) is 13.1 Å². The van der Waals surface area contributed by atoms with E-state index >= 15 is 0 Å². The third kappa shape index (κ3) is 3.86. The Hall–Kier alpha value is -1.31. The number of benzene rings is 1. The largest absolute Gasteiger partial charge is 0.469 e. The molecule has 1 rings (SSSR count). The van der Waals surface area contributed by atoms with E-state index in [0.717, 1.165) is 0 Å². The molecule has 0 aliphatic carbocycles. The summed E-state index contributed by atoms with van der Waals surface area (Å²) in [4.78, 5) is 11.5. The van der Waals surface area contributed by atoms with E-state index in [1.54, 1.807) is 0 Å². The number of methoxy groups -OCH3 is 1. The number of rotatable bonds is 5. The lowest BCUT2D eigenvalue weighted by atomic mass is 9.85. The van der Waals surface area contributed by atoms with Crippen molar-refractivity contribution < 1.29 is 9.53 Å². The molecule has 0 aliphatic rings. The minimum absolute atomic E-state index is 0.137. The maximum absolute atomic E-state index is 11.5. The maximum Gasteiger partial charge on any atom is 0.306 e. The molecule has 1 aromatic rings.